The first-order valence-electron chi connectivity index (χ1n) is 10.9. The standard InChI is InChI=1S/C24H26N6O2/c1-15-11-17(7-8-25-15)24-27-21(14-32-24)23(31)26-20-12-18-16(2)29(3)28-19(18)13-22(20)30-9-5-4-6-10-30/h7-8,11-14H,4-6,9-10H2,1-3H3,(H,26,31). The van der Waals surface area contributed by atoms with E-state index in [4.69, 9.17) is 4.42 Å². The fourth-order valence-corrected chi connectivity index (χ4v) is 4.23. The number of aryl methyl sites for hydroxylation is 3. The molecule has 0 bridgehead atoms. The second-order valence-electron chi connectivity index (χ2n) is 8.32. The number of hydrogen-bond acceptors (Lipinski definition) is 6. The van der Waals surface area contributed by atoms with E-state index in [0.717, 1.165) is 65.2 Å². The Morgan fingerprint density at radius 2 is 1.94 bits per heavy atom. The Morgan fingerprint density at radius 3 is 2.72 bits per heavy atom. The zero-order chi connectivity index (χ0) is 22.2. The lowest BCUT2D eigenvalue weighted by atomic mass is 10.1. The SMILES string of the molecule is Cc1cc(-c2nc(C(=O)Nc3cc4c(C)n(C)nc4cc3N3CCCCC3)co2)ccn1. The largest absolute Gasteiger partial charge is 0.444 e. The second-order valence-corrected chi connectivity index (χ2v) is 8.32. The van der Waals surface area contributed by atoms with E-state index in [1.165, 1.54) is 12.7 Å². The number of nitrogens with zero attached hydrogens (tertiary/aromatic N) is 5. The van der Waals surface area contributed by atoms with Crippen LogP contribution in [-0.2, 0) is 7.05 Å². The minimum Gasteiger partial charge on any atom is -0.444 e. The molecule has 5 rings (SSSR count). The van der Waals surface area contributed by atoms with Gasteiger partial charge in [0.15, 0.2) is 5.69 Å². The molecule has 0 unspecified atom stereocenters. The molecule has 1 N–H and O–H groups in total. The molecule has 1 fully saturated rings. The first-order chi connectivity index (χ1) is 15.5. The van der Waals surface area contributed by atoms with Gasteiger partial charge in [0.2, 0.25) is 5.89 Å². The number of benzene rings is 1. The Hall–Kier alpha value is -3.68. The molecule has 1 saturated heterocycles. The highest BCUT2D eigenvalue weighted by Crippen LogP contribution is 2.34. The van der Waals surface area contributed by atoms with Crippen molar-refractivity contribution in [2.75, 3.05) is 23.3 Å². The third-order valence-corrected chi connectivity index (χ3v) is 6.07. The smallest absolute Gasteiger partial charge is 0.277 e. The summed E-state index contributed by atoms with van der Waals surface area (Å²) in [6.45, 7) is 5.87. The van der Waals surface area contributed by atoms with Crippen molar-refractivity contribution in [3.8, 4) is 11.5 Å². The Bertz CT molecular complexity index is 1300. The number of oxazole rings is 1. The summed E-state index contributed by atoms with van der Waals surface area (Å²) in [5.41, 5.74) is 5.64. The highest BCUT2D eigenvalue weighted by atomic mass is 16.3. The molecule has 164 valence electrons. The van der Waals surface area contributed by atoms with Gasteiger partial charge in [-0.05, 0) is 57.4 Å². The first-order valence-corrected chi connectivity index (χ1v) is 10.9. The number of hydrogen-bond donors (Lipinski definition) is 1. The molecule has 1 aromatic carbocycles. The third-order valence-electron chi connectivity index (χ3n) is 6.07. The van der Waals surface area contributed by atoms with E-state index in [0.29, 0.717) is 5.89 Å². The van der Waals surface area contributed by atoms with Gasteiger partial charge in [-0.25, -0.2) is 4.98 Å². The predicted octanol–water partition coefficient (Wildman–Crippen LogP) is 4.48. The summed E-state index contributed by atoms with van der Waals surface area (Å²) < 4.78 is 7.45. The van der Waals surface area contributed by atoms with Crippen LogP contribution in [0.4, 0.5) is 11.4 Å². The molecule has 0 saturated carbocycles. The van der Waals surface area contributed by atoms with Gasteiger partial charge in [-0.15, -0.1) is 0 Å². The maximum absolute atomic E-state index is 13.1. The van der Waals surface area contributed by atoms with E-state index in [-0.39, 0.29) is 11.6 Å². The van der Waals surface area contributed by atoms with E-state index in [1.807, 2.05) is 43.8 Å². The third kappa shape index (κ3) is 3.72. The highest BCUT2D eigenvalue weighted by molar-refractivity contribution is 6.06. The molecule has 3 aromatic heterocycles. The number of piperidine rings is 1. The van der Waals surface area contributed by atoms with Crippen LogP contribution in [0, 0.1) is 13.8 Å². The summed E-state index contributed by atoms with van der Waals surface area (Å²) in [7, 11) is 1.94. The molecular weight excluding hydrogens is 404 g/mol. The monoisotopic (exact) mass is 430 g/mol. The fourth-order valence-electron chi connectivity index (χ4n) is 4.23. The molecule has 4 aromatic rings. The van der Waals surface area contributed by atoms with E-state index >= 15 is 0 Å². The number of pyridine rings is 1. The molecule has 1 aliphatic rings. The van der Waals surface area contributed by atoms with Crippen LogP contribution in [0.25, 0.3) is 22.4 Å². The van der Waals surface area contributed by atoms with Gasteiger partial charge in [-0.2, -0.15) is 5.10 Å². The number of carbonyl (C=O) groups is 1. The number of amides is 1. The fraction of sp³-hybridized carbons (Fsp3) is 0.333. The molecular formula is C24H26N6O2. The number of rotatable bonds is 4. The summed E-state index contributed by atoms with van der Waals surface area (Å²) in [4.78, 5) is 24.0. The van der Waals surface area contributed by atoms with Gasteiger partial charge < -0.3 is 14.6 Å². The van der Waals surface area contributed by atoms with Gasteiger partial charge in [0.25, 0.3) is 5.91 Å². The zero-order valence-corrected chi connectivity index (χ0v) is 18.6. The average molecular weight is 431 g/mol. The lowest BCUT2D eigenvalue weighted by Gasteiger charge is -2.30. The van der Waals surface area contributed by atoms with Gasteiger partial charge in [0.1, 0.15) is 6.26 Å². The minimum absolute atomic E-state index is 0.238. The van der Waals surface area contributed by atoms with Crippen LogP contribution in [0.3, 0.4) is 0 Å². The maximum atomic E-state index is 13.1. The zero-order valence-electron chi connectivity index (χ0n) is 18.6. The summed E-state index contributed by atoms with van der Waals surface area (Å²) in [5, 5.41) is 8.74. The Balaban J connectivity index is 1.48. The van der Waals surface area contributed by atoms with Crippen LogP contribution in [0.2, 0.25) is 0 Å². The molecule has 0 radical (unpaired) electrons. The van der Waals surface area contributed by atoms with E-state index < -0.39 is 0 Å². The topological polar surface area (TPSA) is 89.1 Å². The molecule has 1 amide bonds. The molecule has 8 heteroatoms. The second kappa shape index (κ2) is 8.11. The normalized spacial score (nSPS) is 14.2. The van der Waals surface area contributed by atoms with Crippen molar-refractivity contribution in [1.82, 2.24) is 19.7 Å². The maximum Gasteiger partial charge on any atom is 0.277 e. The Kier molecular flexibility index (Phi) is 5.13. The van der Waals surface area contributed by atoms with Crippen LogP contribution in [-0.4, -0.2) is 38.7 Å². The predicted molar refractivity (Wildman–Crippen MR) is 124 cm³/mol. The van der Waals surface area contributed by atoms with Crippen LogP contribution in [0.15, 0.2) is 41.1 Å². The molecule has 32 heavy (non-hydrogen) atoms. The molecule has 0 spiro atoms. The highest BCUT2D eigenvalue weighted by Gasteiger charge is 2.21. The number of aromatic nitrogens is 4. The van der Waals surface area contributed by atoms with Crippen LogP contribution in [0.1, 0.15) is 41.1 Å². The first kappa shape index (κ1) is 20.2. The van der Waals surface area contributed by atoms with Gasteiger partial charge >= 0.3 is 0 Å². The average Bonchev–Trinajstić information content (AvgIpc) is 3.40. The molecule has 4 heterocycles. The van der Waals surface area contributed by atoms with E-state index in [1.54, 1.807) is 6.20 Å². The van der Waals surface area contributed by atoms with Gasteiger partial charge in [0, 0.05) is 48.7 Å². The van der Waals surface area contributed by atoms with E-state index in [9.17, 15) is 4.79 Å². The number of fused-ring (bicyclic) bond motifs is 1. The molecule has 0 atom stereocenters. The van der Waals surface area contributed by atoms with E-state index in [2.05, 4.69) is 31.3 Å². The van der Waals surface area contributed by atoms with Gasteiger partial charge in [-0.3, -0.25) is 14.5 Å². The molecule has 0 aliphatic carbocycles. The van der Waals surface area contributed by atoms with Crippen molar-refractivity contribution in [2.24, 2.45) is 7.05 Å². The van der Waals surface area contributed by atoms with Crippen LogP contribution < -0.4 is 10.2 Å². The quantitative estimate of drug-likeness (QED) is 0.513. The minimum atomic E-state index is -0.301. The van der Waals surface area contributed by atoms with Crippen LogP contribution in [0.5, 0.6) is 0 Å². The van der Waals surface area contributed by atoms with Crippen molar-refractivity contribution in [3.63, 3.8) is 0 Å². The van der Waals surface area contributed by atoms with Crippen molar-refractivity contribution in [1.29, 1.82) is 0 Å². The van der Waals surface area contributed by atoms with Crippen molar-refractivity contribution in [3.05, 3.63) is 53.8 Å². The number of nitrogens with one attached hydrogen (secondary N) is 1. The van der Waals surface area contributed by atoms with Gasteiger partial charge in [-0.1, -0.05) is 0 Å². The Morgan fingerprint density at radius 1 is 1.12 bits per heavy atom. The number of carbonyl (C=O) groups excluding carboxylic acids is 1. The summed E-state index contributed by atoms with van der Waals surface area (Å²) in [6, 6.07) is 7.79. The van der Waals surface area contributed by atoms with Crippen molar-refractivity contribution >= 4 is 28.2 Å². The summed E-state index contributed by atoms with van der Waals surface area (Å²) >= 11 is 0. The van der Waals surface area contributed by atoms with Crippen molar-refractivity contribution < 1.29 is 9.21 Å². The van der Waals surface area contributed by atoms with Crippen LogP contribution >= 0.6 is 0 Å². The summed E-state index contributed by atoms with van der Waals surface area (Å²) in [6.07, 6.45) is 6.62. The lowest BCUT2D eigenvalue weighted by Crippen LogP contribution is -2.30. The molecule has 8 nitrogen and oxygen atoms in total. The van der Waals surface area contributed by atoms with Gasteiger partial charge in [0.05, 0.1) is 16.9 Å². The number of anilines is 2. The van der Waals surface area contributed by atoms with Crippen molar-refractivity contribution in [2.45, 2.75) is 33.1 Å². The molecule has 1 aliphatic heterocycles. The lowest BCUT2D eigenvalue weighted by molar-refractivity contribution is 0.102. The Labute approximate surface area is 186 Å². The summed E-state index contributed by atoms with van der Waals surface area (Å²) in [5.74, 6) is 0.0976.